The summed E-state index contributed by atoms with van der Waals surface area (Å²) in [6, 6.07) is 8.83. The second-order valence-corrected chi connectivity index (χ2v) is 7.81. The van der Waals surface area contributed by atoms with Gasteiger partial charge in [-0.1, -0.05) is 18.2 Å². The topological polar surface area (TPSA) is 58.6 Å². The van der Waals surface area contributed by atoms with Crippen LogP contribution in [-0.4, -0.2) is 44.7 Å². The maximum absolute atomic E-state index is 11.5. The number of ether oxygens (including phenoxy) is 1. The van der Waals surface area contributed by atoms with E-state index in [9.17, 15) is 8.42 Å². The first-order chi connectivity index (χ1) is 10.0. The van der Waals surface area contributed by atoms with Gasteiger partial charge in [0.15, 0.2) is 0 Å². The average Bonchev–Trinajstić information content (AvgIpc) is 2.47. The van der Waals surface area contributed by atoms with E-state index in [0.29, 0.717) is 25.2 Å². The van der Waals surface area contributed by atoms with Crippen molar-refractivity contribution in [2.24, 2.45) is 0 Å². The highest BCUT2D eigenvalue weighted by molar-refractivity contribution is 7.88. The molecule has 3 rings (SSSR count). The lowest BCUT2D eigenvalue weighted by molar-refractivity contribution is 0.221. The number of rotatable bonds is 3. The third-order valence-electron chi connectivity index (χ3n) is 4.32. The van der Waals surface area contributed by atoms with E-state index in [0.717, 1.165) is 31.6 Å². The van der Waals surface area contributed by atoms with Crippen LogP contribution in [0.1, 0.15) is 30.9 Å². The largest absolute Gasteiger partial charge is 0.493 e. The van der Waals surface area contributed by atoms with Crippen LogP contribution < -0.4 is 10.1 Å². The molecule has 116 valence electrons. The van der Waals surface area contributed by atoms with Gasteiger partial charge in [0, 0.05) is 37.2 Å². The third-order valence-corrected chi connectivity index (χ3v) is 5.62. The summed E-state index contributed by atoms with van der Waals surface area (Å²) in [7, 11) is -3.05. The first kappa shape index (κ1) is 14.8. The van der Waals surface area contributed by atoms with E-state index < -0.39 is 10.0 Å². The summed E-state index contributed by atoms with van der Waals surface area (Å²) >= 11 is 0. The average molecular weight is 310 g/mol. The quantitative estimate of drug-likeness (QED) is 0.920. The molecule has 0 amide bonds. The Kier molecular flexibility index (Phi) is 4.19. The van der Waals surface area contributed by atoms with Crippen LogP contribution in [0.4, 0.5) is 0 Å². The van der Waals surface area contributed by atoms with Crippen molar-refractivity contribution in [2.75, 3.05) is 26.0 Å². The van der Waals surface area contributed by atoms with Gasteiger partial charge in [-0.3, -0.25) is 0 Å². The normalized spacial score (nSPS) is 24.3. The molecule has 0 bridgehead atoms. The lowest BCUT2D eigenvalue weighted by Gasteiger charge is -2.35. The summed E-state index contributed by atoms with van der Waals surface area (Å²) in [6.45, 7) is 1.96. The fourth-order valence-corrected chi connectivity index (χ4v) is 4.03. The van der Waals surface area contributed by atoms with Gasteiger partial charge in [0.05, 0.1) is 12.9 Å². The fourth-order valence-electron chi connectivity index (χ4n) is 3.15. The molecule has 0 spiro atoms. The molecule has 2 aliphatic heterocycles. The number of piperidine rings is 1. The van der Waals surface area contributed by atoms with Crippen molar-refractivity contribution in [1.29, 1.82) is 0 Å². The van der Waals surface area contributed by atoms with E-state index in [-0.39, 0.29) is 0 Å². The van der Waals surface area contributed by atoms with Crippen molar-refractivity contribution in [3.8, 4) is 5.75 Å². The Bertz CT molecular complexity index is 595. The molecule has 0 aliphatic carbocycles. The molecule has 0 radical (unpaired) electrons. The monoisotopic (exact) mass is 310 g/mol. The van der Waals surface area contributed by atoms with Crippen LogP contribution in [-0.2, 0) is 10.0 Å². The van der Waals surface area contributed by atoms with E-state index in [2.05, 4.69) is 11.4 Å². The van der Waals surface area contributed by atoms with Crippen molar-refractivity contribution in [3.05, 3.63) is 29.8 Å². The molecule has 1 aromatic rings. The lowest BCUT2D eigenvalue weighted by atomic mass is 9.97. The molecule has 1 fully saturated rings. The van der Waals surface area contributed by atoms with Gasteiger partial charge < -0.3 is 10.1 Å². The predicted octanol–water partition coefficient (Wildman–Crippen LogP) is 1.52. The predicted molar refractivity (Wildman–Crippen MR) is 81.9 cm³/mol. The second kappa shape index (κ2) is 5.94. The van der Waals surface area contributed by atoms with E-state index in [1.54, 1.807) is 4.31 Å². The van der Waals surface area contributed by atoms with Crippen molar-refractivity contribution in [3.63, 3.8) is 0 Å². The Labute approximate surface area is 126 Å². The second-order valence-electron chi connectivity index (χ2n) is 5.83. The standard InChI is InChI=1S/C15H22N2O3S/c1-21(18,19)17-9-6-12(7-10-17)16-14-8-11-20-15-5-3-2-4-13(14)15/h2-5,12,14,16H,6-11H2,1H3. The van der Waals surface area contributed by atoms with Gasteiger partial charge in [-0.2, -0.15) is 0 Å². The third kappa shape index (κ3) is 3.39. The lowest BCUT2D eigenvalue weighted by Crippen LogP contribution is -2.46. The Hall–Kier alpha value is -1.11. The summed E-state index contributed by atoms with van der Waals surface area (Å²) in [4.78, 5) is 0. The van der Waals surface area contributed by atoms with Gasteiger partial charge in [0.25, 0.3) is 0 Å². The molecule has 1 aromatic carbocycles. The summed E-state index contributed by atoms with van der Waals surface area (Å²) in [5.41, 5.74) is 1.22. The van der Waals surface area contributed by atoms with E-state index >= 15 is 0 Å². The molecule has 2 aliphatic rings. The van der Waals surface area contributed by atoms with Gasteiger partial charge >= 0.3 is 0 Å². The molecular formula is C15H22N2O3S. The first-order valence-electron chi connectivity index (χ1n) is 7.47. The summed E-state index contributed by atoms with van der Waals surface area (Å²) in [5.74, 6) is 0.967. The highest BCUT2D eigenvalue weighted by Crippen LogP contribution is 2.32. The minimum Gasteiger partial charge on any atom is -0.493 e. The van der Waals surface area contributed by atoms with Crippen molar-refractivity contribution < 1.29 is 13.2 Å². The van der Waals surface area contributed by atoms with Crippen molar-refractivity contribution >= 4 is 10.0 Å². The minimum atomic E-state index is -3.05. The highest BCUT2D eigenvalue weighted by atomic mass is 32.2. The van der Waals surface area contributed by atoms with Crippen molar-refractivity contribution in [2.45, 2.75) is 31.3 Å². The first-order valence-corrected chi connectivity index (χ1v) is 9.32. The van der Waals surface area contributed by atoms with Crippen LogP contribution in [0.5, 0.6) is 5.75 Å². The number of nitrogens with one attached hydrogen (secondary N) is 1. The molecule has 21 heavy (non-hydrogen) atoms. The van der Waals surface area contributed by atoms with Gasteiger partial charge in [0.1, 0.15) is 5.75 Å². The number of fused-ring (bicyclic) bond motifs is 1. The fraction of sp³-hybridized carbons (Fsp3) is 0.600. The maximum Gasteiger partial charge on any atom is 0.211 e. The summed E-state index contributed by atoms with van der Waals surface area (Å²) < 4.78 is 30.3. The molecule has 2 heterocycles. The van der Waals surface area contributed by atoms with E-state index in [1.807, 2.05) is 18.2 Å². The van der Waals surface area contributed by atoms with Gasteiger partial charge in [-0.05, 0) is 18.9 Å². The highest BCUT2D eigenvalue weighted by Gasteiger charge is 2.28. The van der Waals surface area contributed by atoms with Gasteiger partial charge in [-0.25, -0.2) is 12.7 Å². The number of sulfonamides is 1. The number of benzene rings is 1. The smallest absolute Gasteiger partial charge is 0.211 e. The van der Waals surface area contributed by atoms with Crippen LogP contribution in [0.3, 0.4) is 0 Å². The molecule has 5 nitrogen and oxygen atoms in total. The Balaban J connectivity index is 1.62. The number of hydrogen-bond donors (Lipinski definition) is 1. The Morgan fingerprint density at radius 3 is 2.62 bits per heavy atom. The molecular weight excluding hydrogens is 288 g/mol. The number of para-hydroxylation sites is 1. The SMILES string of the molecule is CS(=O)(=O)N1CCC(NC2CCOc3ccccc32)CC1. The molecule has 1 N–H and O–H groups in total. The zero-order valence-corrected chi connectivity index (χ0v) is 13.1. The molecule has 1 saturated heterocycles. The van der Waals surface area contributed by atoms with Crippen LogP contribution in [0.2, 0.25) is 0 Å². The van der Waals surface area contributed by atoms with Crippen LogP contribution in [0.25, 0.3) is 0 Å². The summed E-state index contributed by atoms with van der Waals surface area (Å²) in [5, 5.41) is 3.68. The molecule has 6 heteroatoms. The molecule has 0 saturated carbocycles. The van der Waals surface area contributed by atoms with Gasteiger partial charge in [0.2, 0.25) is 10.0 Å². The maximum atomic E-state index is 11.5. The molecule has 1 unspecified atom stereocenters. The number of nitrogens with zero attached hydrogens (tertiary/aromatic N) is 1. The van der Waals surface area contributed by atoms with E-state index in [1.165, 1.54) is 11.8 Å². The molecule has 1 atom stereocenters. The zero-order chi connectivity index (χ0) is 14.9. The van der Waals surface area contributed by atoms with Crippen LogP contribution in [0, 0.1) is 0 Å². The Morgan fingerprint density at radius 2 is 1.90 bits per heavy atom. The Morgan fingerprint density at radius 1 is 1.19 bits per heavy atom. The number of hydrogen-bond acceptors (Lipinski definition) is 4. The van der Waals surface area contributed by atoms with Gasteiger partial charge in [-0.15, -0.1) is 0 Å². The van der Waals surface area contributed by atoms with Crippen LogP contribution >= 0.6 is 0 Å². The molecule has 0 aromatic heterocycles. The van der Waals surface area contributed by atoms with Crippen molar-refractivity contribution in [1.82, 2.24) is 9.62 Å². The van der Waals surface area contributed by atoms with E-state index in [4.69, 9.17) is 4.74 Å². The minimum absolute atomic E-state index is 0.310. The summed E-state index contributed by atoms with van der Waals surface area (Å²) in [6.07, 6.45) is 3.98. The van der Waals surface area contributed by atoms with Crippen LogP contribution in [0.15, 0.2) is 24.3 Å². The zero-order valence-electron chi connectivity index (χ0n) is 12.3.